The number of aromatic nitrogens is 2. The molecule has 1 aromatic carbocycles. The topological polar surface area (TPSA) is 34.9 Å². The van der Waals surface area contributed by atoms with Crippen LogP contribution in [0.5, 0.6) is 0 Å². The van der Waals surface area contributed by atoms with E-state index in [0.29, 0.717) is 17.3 Å². The summed E-state index contributed by atoms with van der Waals surface area (Å²) in [7, 11) is 0. The molecule has 1 heterocycles. The highest BCUT2D eigenvalue weighted by Crippen LogP contribution is 2.21. The van der Waals surface area contributed by atoms with Crippen molar-refractivity contribution in [1.29, 1.82) is 0 Å². The van der Waals surface area contributed by atoms with E-state index in [1.165, 1.54) is 0 Å². The third-order valence-electron chi connectivity index (χ3n) is 3.07. The van der Waals surface area contributed by atoms with Gasteiger partial charge in [0.1, 0.15) is 0 Å². The zero-order chi connectivity index (χ0) is 14.2. The number of hydrogen-bond acceptors (Lipinski definition) is 2. The number of hydrogen-bond donors (Lipinski definition) is 0. The molecular weight excluding hydrogens is 328 g/mol. The van der Waals surface area contributed by atoms with E-state index < -0.39 is 0 Å². The first-order chi connectivity index (χ1) is 8.90. The smallest absolute Gasteiger partial charge is 0.291 e. The van der Waals surface area contributed by atoms with Crippen molar-refractivity contribution in [1.82, 2.24) is 9.55 Å². The summed E-state index contributed by atoms with van der Waals surface area (Å²) in [5.41, 5.74) is 3.31. The second-order valence-electron chi connectivity index (χ2n) is 4.56. The van der Waals surface area contributed by atoms with Gasteiger partial charge in [-0.3, -0.25) is 4.57 Å². The van der Waals surface area contributed by atoms with Crippen molar-refractivity contribution in [2.45, 2.75) is 27.3 Å². The van der Waals surface area contributed by atoms with Crippen LogP contribution in [0.15, 0.2) is 27.5 Å². The Labute approximate surface area is 125 Å². The van der Waals surface area contributed by atoms with Gasteiger partial charge in [-0.1, -0.05) is 23.7 Å². The van der Waals surface area contributed by atoms with Crippen LogP contribution in [-0.2, 0) is 6.54 Å². The maximum absolute atomic E-state index is 12.0. The number of aryl methyl sites for hydroxylation is 2. The maximum atomic E-state index is 12.0. The van der Waals surface area contributed by atoms with Crippen LogP contribution in [0, 0.1) is 20.8 Å². The van der Waals surface area contributed by atoms with Gasteiger partial charge < -0.3 is 0 Å². The molecule has 0 aliphatic heterocycles. The van der Waals surface area contributed by atoms with Gasteiger partial charge in [0.05, 0.1) is 16.7 Å². The highest BCUT2D eigenvalue weighted by Gasteiger charge is 2.11. The maximum Gasteiger partial charge on any atom is 0.348 e. The molecule has 19 heavy (non-hydrogen) atoms. The van der Waals surface area contributed by atoms with Crippen LogP contribution < -0.4 is 5.69 Å². The number of nitrogens with zero attached hydrogens (tertiary/aromatic N) is 2. The van der Waals surface area contributed by atoms with Crippen molar-refractivity contribution in [2.24, 2.45) is 0 Å². The van der Waals surface area contributed by atoms with Crippen molar-refractivity contribution in [3.63, 3.8) is 0 Å². The fraction of sp³-hybridized carbons (Fsp3) is 0.286. The van der Waals surface area contributed by atoms with Gasteiger partial charge >= 0.3 is 5.69 Å². The summed E-state index contributed by atoms with van der Waals surface area (Å²) in [5, 5.41) is 0.669. The number of rotatable bonds is 2. The Hall–Kier alpha value is -1.13. The summed E-state index contributed by atoms with van der Waals surface area (Å²) < 4.78 is 2.48. The Morgan fingerprint density at radius 2 is 2.00 bits per heavy atom. The van der Waals surface area contributed by atoms with Crippen LogP contribution in [-0.4, -0.2) is 9.55 Å². The lowest BCUT2D eigenvalue weighted by Gasteiger charge is -2.13. The van der Waals surface area contributed by atoms with Crippen LogP contribution in [0.2, 0.25) is 5.02 Å². The van der Waals surface area contributed by atoms with E-state index in [1.54, 1.807) is 4.57 Å². The Balaban J connectivity index is 2.50. The minimum absolute atomic E-state index is 0.255. The highest BCUT2D eigenvalue weighted by atomic mass is 79.9. The molecule has 0 unspecified atom stereocenters. The molecule has 2 aromatic rings. The summed E-state index contributed by atoms with van der Waals surface area (Å²) in [6.45, 7) is 6.11. The lowest BCUT2D eigenvalue weighted by Crippen LogP contribution is -2.27. The molecule has 0 saturated carbocycles. The zero-order valence-corrected chi connectivity index (χ0v) is 13.3. The van der Waals surface area contributed by atoms with E-state index in [9.17, 15) is 4.79 Å². The van der Waals surface area contributed by atoms with E-state index in [0.717, 1.165) is 21.3 Å². The molecule has 0 atom stereocenters. The first kappa shape index (κ1) is 14.3. The van der Waals surface area contributed by atoms with Gasteiger partial charge in [0, 0.05) is 10.7 Å². The predicted octanol–water partition coefficient (Wildman–Crippen LogP) is 3.63. The van der Waals surface area contributed by atoms with Crippen molar-refractivity contribution in [3.8, 4) is 0 Å². The summed E-state index contributed by atoms with van der Waals surface area (Å²) >= 11 is 9.66. The molecule has 0 N–H and O–H groups in total. The fourth-order valence-electron chi connectivity index (χ4n) is 1.91. The minimum Gasteiger partial charge on any atom is -0.291 e. The van der Waals surface area contributed by atoms with Gasteiger partial charge in [-0.15, -0.1) is 0 Å². The molecule has 0 bridgehead atoms. The van der Waals surface area contributed by atoms with E-state index in [4.69, 9.17) is 11.6 Å². The molecule has 5 heteroatoms. The van der Waals surface area contributed by atoms with Gasteiger partial charge in [0.25, 0.3) is 0 Å². The van der Waals surface area contributed by atoms with Crippen LogP contribution >= 0.6 is 27.5 Å². The molecule has 0 fully saturated rings. The van der Waals surface area contributed by atoms with Crippen LogP contribution in [0.3, 0.4) is 0 Å². The molecule has 0 saturated heterocycles. The molecule has 0 amide bonds. The molecule has 1 aromatic heterocycles. The first-order valence-corrected chi connectivity index (χ1v) is 7.06. The normalized spacial score (nSPS) is 10.8. The second-order valence-corrected chi connectivity index (χ2v) is 5.76. The summed E-state index contributed by atoms with van der Waals surface area (Å²) in [5.74, 6) is 0. The monoisotopic (exact) mass is 340 g/mol. The minimum atomic E-state index is -0.255. The fourth-order valence-corrected chi connectivity index (χ4v) is 2.51. The SMILES string of the molecule is Cc1ccc(Cn2c(C)c(Br)c(C)nc2=O)c(Cl)c1. The number of halogens is 2. The molecular formula is C14H14BrClN2O. The van der Waals surface area contributed by atoms with Gasteiger partial charge in [0.2, 0.25) is 0 Å². The molecule has 0 spiro atoms. The van der Waals surface area contributed by atoms with Gasteiger partial charge in [0.15, 0.2) is 0 Å². The Kier molecular flexibility index (Phi) is 4.11. The van der Waals surface area contributed by atoms with Crippen LogP contribution in [0.1, 0.15) is 22.5 Å². The molecule has 3 nitrogen and oxygen atoms in total. The third kappa shape index (κ3) is 2.90. The Morgan fingerprint density at radius 3 is 2.63 bits per heavy atom. The van der Waals surface area contributed by atoms with Crippen molar-refractivity contribution >= 4 is 27.5 Å². The van der Waals surface area contributed by atoms with Gasteiger partial charge in [-0.25, -0.2) is 4.79 Å². The second kappa shape index (κ2) is 5.47. The Morgan fingerprint density at radius 1 is 1.32 bits per heavy atom. The van der Waals surface area contributed by atoms with E-state index in [2.05, 4.69) is 20.9 Å². The summed E-state index contributed by atoms with van der Waals surface area (Å²) in [6, 6.07) is 5.82. The summed E-state index contributed by atoms with van der Waals surface area (Å²) in [4.78, 5) is 16.0. The van der Waals surface area contributed by atoms with Crippen molar-refractivity contribution < 1.29 is 0 Å². The molecule has 0 aliphatic rings. The molecule has 0 radical (unpaired) electrons. The zero-order valence-electron chi connectivity index (χ0n) is 11.0. The highest BCUT2D eigenvalue weighted by molar-refractivity contribution is 9.10. The Bertz CT molecular complexity index is 695. The standard InChI is InChI=1S/C14H14BrClN2O/c1-8-4-5-11(12(16)6-8)7-18-10(3)13(15)9(2)17-14(18)19/h4-6H,7H2,1-3H3. The van der Waals surface area contributed by atoms with Crippen molar-refractivity contribution in [3.05, 3.63) is 60.7 Å². The lowest BCUT2D eigenvalue weighted by atomic mass is 10.1. The van der Waals surface area contributed by atoms with Gasteiger partial charge in [-0.2, -0.15) is 4.98 Å². The van der Waals surface area contributed by atoms with Gasteiger partial charge in [-0.05, 0) is 53.9 Å². The largest absolute Gasteiger partial charge is 0.348 e. The third-order valence-corrected chi connectivity index (χ3v) is 4.57. The predicted molar refractivity (Wildman–Crippen MR) is 81.0 cm³/mol. The molecule has 2 rings (SSSR count). The molecule has 0 aliphatic carbocycles. The van der Waals surface area contributed by atoms with Crippen molar-refractivity contribution in [2.75, 3.05) is 0 Å². The van der Waals surface area contributed by atoms with Crippen LogP contribution in [0.25, 0.3) is 0 Å². The van der Waals surface area contributed by atoms with E-state index in [-0.39, 0.29) is 5.69 Å². The average molecular weight is 342 g/mol. The van der Waals surface area contributed by atoms with E-state index >= 15 is 0 Å². The summed E-state index contributed by atoms with van der Waals surface area (Å²) in [6.07, 6.45) is 0. The first-order valence-electron chi connectivity index (χ1n) is 5.88. The van der Waals surface area contributed by atoms with Crippen LogP contribution in [0.4, 0.5) is 0 Å². The molecule has 100 valence electrons. The van der Waals surface area contributed by atoms with E-state index in [1.807, 2.05) is 39.0 Å². The average Bonchev–Trinajstić information content (AvgIpc) is 2.34. The quantitative estimate of drug-likeness (QED) is 0.836. The number of benzene rings is 1. The lowest BCUT2D eigenvalue weighted by molar-refractivity contribution is 0.688.